The fourth-order valence-electron chi connectivity index (χ4n) is 6.42. The van der Waals surface area contributed by atoms with Crippen LogP contribution in [0.2, 0.25) is 0 Å². The third kappa shape index (κ3) is 6.29. The lowest BCUT2D eigenvalue weighted by atomic mass is 9.80. The molecule has 0 bridgehead atoms. The molecule has 45 heavy (non-hydrogen) atoms. The first-order valence-electron chi connectivity index (χ1n) is 14.8. The first-order chi connectivity index (χ1) is 21.2. The Labute approximate surface area is 258 Å². The van der Waals surface area contributed by atoms with Gasteiger partial charge in [0.15, 0.2) is 0 Å². The van der Waals surface area contributed by atoms with Gasteiger partial charge in [-0.05, 0) is 73.3 Å². The summed E-state index contributed by atoms with van der Waals surface area (Å²) in [5.41, 5.74) is 1.39. The molecule has 0 radical (unpaired) electrons. The number of hydrogen-bond acceptors (Lipinski definition) is 8. The van der Waals surface area contributed by atoms with Gasteiger partial charge in [0, 0.05) is 26.0 Å². The van der Waals surface area contributed by atoms with Gasteiger partial charge in [0.25, 0.3) is 5.91 Å². The number of carbonyl (C=O) groups excluding carboxylic acids is 1. The third-order valence-electron chi connectivity index (χ3n) is 9.06. The highest BCUT2D eigenvalue weighted by atomic mass is 31.2. The van der Waals surface area contributed by atoms with E-state index in [9.17, 15) is 37.4 Å². The van der Waals surface area contributed by atoms with Crippen LogP contribution in [0.25, 0.3) is 0 Å². The molecule has 1 amide bonds. The van der Waals surface area contributed by atoms with Gasteiger partial charge >= 0.3 is 13.8 Å². The zero-order chi connectivity index (χ0) is 32.7. The largest absolute Gasteiger partial charge is 0.421 e. The van der Waals surface area contributed by atoms with E-state index in [1.807, 2.05) is 6.07 Å². The van der Waals surface area contributed by atoms with Crippen molar-refractivity contribution in [2.75, 3.05) is 17.7 Å². The van der Waals surface area contributed by atoms with E-state index in [0.29, 0.717) is 36.7 Å². The van der Waals surface area contributed by atoms with Gasteiger partial charge in [0.05, 0.1) is 22.5 Å². The van der Waals surface area contributed by atoms with Crippen molar-refractivity contribution in [3.8, 4) is 0 Å². The van der Waals surface area contributed by atoms with Gasteiger partial charge in [-0.3, -0.25) is 9.36 Å². The monoisotopic (exact) mass is 648 g/mol. The Balaban J connectivity index is 1.47. The zero-order valence-electron chi connectivity index (χ0n) is 25.1. The summed E-state index contributed by atoms with van der Waals surface area (Å²) >= 11 is 0. The number of nitrogens with zero attached hydrogens (tertiary/aromatic N) is 4. The number of nitrogens with one attached hydrogen (secondary N) is 2. The predicted octanol–water partition coefficient (Wildman–Crippen LogP) is 6.17. The zero-order valence-corrected chi connectivity index (χ0v) is 26.0. The van der Waals surface area contributed by atoms with Crippen molar-refractivity contribution in [2.24, 2.45) is 0 Å². The number of fused-ring (bicyclic) bond motifs is 1. The van der Waals surface area contributed by atoms with E-state index in [-0.39, 0.29) is 48.2 Å². The van der Waals surface area contributed by atoms with Crippen molar-refractivity contribution in [1.29, 1.82) is 0 Å². The number of alkyl halides is 3. The Hall–Kier alpha value is -3.58. The van der Waals surface area contributed by atoms with Crippen LogP contribution < -0.4 is 10.6 Å². The molecule has 0 unspecified atom stereocenters. The second-order valence-electron chi connectivity index (χ2n) is 11.6. The average molecular weight is 649 g/mol. The van der Waals surface area contributed by atoms with E-state index in [2.05, 4.69) is 25.6 Å². The molecule has 1 saturated carbocycles. The average Bonchev–Trinajstić information content (AvgIpc) is 3.28. The summed E-state index contributed by atoms with van der Waals surface area (Å²) < 4.78 is 54.5. The molecule has 5 rings (SSSR count). The number of aromatic nitrogens is 3. The number of rotatable bonds is 9. The van der Waals surface area contributed by atoms with Gasteiger partial charge < -0.3 is 30.4 Å². The van der Waals surface area contributed by atoms with E-state index in [1.165, 1.54) is 23.2 Å². The van der Waals surface area contributed by atoms with Gasteiger partial charge in [-0.25, -0.2) is 9.97 Å². The Morgan fingerprint density at radius 2 is 1.69 bits per heavy atom. The Kier molecular flexibility index (Phi) is 8.98. The summed E-state index contributed by atoms with van der Waals surface area (Å²) in [6.45, 7) is 3.67. The minimum absolute atomic E-state index is 0.136. The SMILES string of the molecule is CCC(CC)(c1ccc(Nc2ncc(C(F)(F)F)c(Nc3ccc(C4CCC(O)CC4)c4c3C(=O)N(C)C4)n2)nc1)P(=O)(O)O. The highest BCUT2D eigenvalue weighted by Gasteiger charge is 2.45. The quantitative estimate of drug-likeness (QED) is 0.170. The number of benzene rings is 1. The first-order valence-corrected chi connectivity index (χ1v) is 16.4. The van der Waals surface area contributed by atoms with Crippen molar-refractivity contribution in [3.05, 3.63) is 64.5 Å². The molecule has 15 heteroatoms. The van der Waals surface area contributed by atoms with Crippen molar-refractivity contribution in [3.63, 3.8) is 0 Å². The van der Waals surface area contributed by atoms with Crippen LogP contribution in [-0.2, 0) is 22.4 Å². The van der Waals surface area contributed by atoms with Gasteiger partial charge in [-0.15, -0.1) is 0 Å². The molecule has 0 spiro atoms. The summed E-state index contributed by atoms with van der Waals surface area (Å²) in [5.74, 6) is -0.809. The maximum Gasteiger partial charge on any atom is 0.421 e. The van der Waals surface area contributed by atoms with Crippen LogP contribution in [0.5, 0.6) is 0 Å². The maximum atomic E-state index is 14.1. The van der Waals surface area contributed by atoms with Gasteiger partial charge in [-0.1, -0.05) is 26.0 Å². The molecule has 2 aromatic heterocycles. The number of aliphatic hydroxyl groups is 1. The molecular formula is C30H36F3N6O5P. The normalized spacial score (nSPS) is 19.0. The van der Waals surface area contributed by atoms with E-state index in [0.717, 1.165) is 24.0 Å². The number of carbonyl (C=O) groups is 1. The lowest BCUT2D eigenvalue weighted by molar-refractivity contribution is -0.137. The number of pyridine rings is 1. The van der Waals surface area contributed by atoms with Crippen LogP contribution in [-0.4, -0.2) is 53.8 Å². The molecule has 1 fully saturated rings. The van der Waals surface area contributed by atoms with E-state index in [1.54, 1.807) is 27.0 Å². The molecule has 1 aliphatic heterocycles. The molecule has 2 aliphatic rings. The van der Waals surface area contributed by atoms with Crippen molar-refractivity contribution >= 4 is 36.8 Å². The number of anilines is 4. The molecule has 3 heterocycles. The summed E-state index contributed by atoms with van der Waals surface area (Å²) in [4.78, 5) is 46.9. The minimum atomic E-state index is -4.81. The van der Waals surface area contributed by atoms with Crippen LogP contribution in [0.1, 0.15) is 90.9 Å². The summed E-state index contributed by atoms with van der Waals surface area (Å²) in [7, 11) is -2.90. The molecule has 5 N–H and O–H groups in total. The molecular weight excluding hydrogens is 612 g/mol. The molecule has 1 aromatic carbocycles. The van der Waals surface area contributed by atoms with Gasteiger partial charge in [0.1, 0.15) is 17.2 Å². The van der Waals surface area contributed by atoms with Gasteiger partial charge in [0.2, 0.25) is 5.95 Å². The topological polar surface area (TPSA) is 161 Å². The molecule has 1 aliphatic carbocycles. The molecule has 0 saturated heterocycles. The fourth-order valence-corrected chi connectivity index (χ4v) is 7.71. The lowest BCUT2D eigenvalue weighted by Gasteiger charge is -2.32. The second-order valence-corrected chi connectivity index (χ2v) is 13.6. The van der Waals surface area contributed by atoms with Gasteiger partial charge in [-0.2, -0.15) is 18.2 Å². The first kappa shape index (κ1) is 32.8. The molecule has 3 aromatic rings. The second kappa shape index (κ2) is 12.3. The predicted molar refractivity (Wildman–Crippen MR) is 162 cm³/mol. The Morgan fingerprint density at radius 3 is 2.27 bits per heavy atom. The molecule has 11 nitrogen and oxygen atoms in total. The Morgan fingerprint density at radius 1 is 1.00 bits per heavy atom. The summed E-state index contributed by atoms with van der Waals surface area (Å²) in [6, 6.07) is 6.38. The number of halogens is 3. The summed E-state index contributed by atoms with van der Waals surface area (Å²) in [6.07, 6.45) is -0.0601. The molecule has 242 valence electrons. The fraction of sp³-hybridized carbons (Fsp3) is 0.467. The number of amides is 1. The lowest BCUT2D eigenvalue weighted by Crippen LogP contribution is -2.24. The summed E-state index contributed by atoms with van der Waals surface area (Å²) in [5, 5.41) is 14.0. The van der Waals surface area contributed by atoms with Crippen molar-refractivity contribution in [2.45, 2.75) is 82.3 Å². The maximum absolute atomic E-state index is 14.1. The van der Waals surface area contributed by atoms with Crippen LogP contribution in [0, 0.1) is 0 Å². The third-order valence-corrected chi connectivity index (χ3v) is 11.1. The smallest absolute Gasteiger partial charge is 0.393 e. The van der Waals surface area contributed by atoms with Crippen LogP contribution in [0.15, 0.2) is 36.7 Å². The Bertz CT molecular complexity index is 1620. The van der Waals surface area contributed by atoms with Crippen LogP contribution in [0.3, 0.4) is 0 Å². The van der Waals surface area contributed by atoms with Crippen molar-refractivity contribution < 1.29 is 37.4 Å². The number of aliphatic hydroxyl groups excluding tert-OH is 1. The highest BCUT2D eigenvalue weighted by molar-refractivity contribution is 7.53. The van der Waals surface area contributed by atoms with Crippen molar-refractivity contribution in [1.82, 2.24) is 19.9 Å². The molecule has 0 atom stereocenters. The highest BCUT2D eigenvalue weighted by Crippen LogP contribution is 2.60. The van der Waals surface area contributed by atoms with Crippen LogP contribution in [0.4, 0.5) is 36.4 Å². The standard InChI is InChI=1S/C30H36F3N6O5P/c1-4-29(5-2,45(42,43)44)18-8-13-24(34-14-18)37-28-35-15-22(30(31,32)33)26(38-28)36-23-12-11-20(17-6-9-19(40)10-7-17)21-16-39(3)27(41)25(21)23/h8,11-15,17,19,40H,4-7,9-10,16H2,1-3H3,(H2,42,43,44)(H2,34,35,36,37,38). The van der Waals surface area contributed by atoms with Crippen LogP contribution >= 0.6 is 7.60 Å². The number of hydrogen-bond donors (Lipinski definition) is 5. The minimum Gasteiger partial charge on any atom is -0.393 e. The van der Waals surface area contributed by atoms with E-state index in [4.69, 9.17) is 0 Å². The van der Waals surface area contributed by atoms with E-state index < -0.39 is 30.3 Å². The van der Waals surface area contributed by atoms with E-state index >= 15 is 0 Å².